The Morgan fingerprint density at radius 1 is 1.05 bits per heavy atom. The van der Waals surface area contributed by atoms with Gasteiger partial charge in [0.1, 0.15) is 11.6 Å². The monoisotopic (exact) mass is 555 g/mol. The fourth-order valence-electron chi connectivity index (χ4n) is 6.26. The molecule has 39 heavy (non-hydrogen) atoms. The minimum absolute atomic E-state index is 0.101. The quantitative estimate of drug-likeness (QED) is 0.432. The Hall–Kier alpha value is -2.75. The van der Waals surface area contributed by atoms with Gasteiger partial charge in [-0.1, -0.05) is 25.5 Å². The van der Waals surface area contributed by atoms with Crippen LogP contribution in [0.3, 0.4) is 0 Å². The molecule has 1 heterocycles. The predicted octanol–water partition coefficient (Wildman–Crippen LogP) is 4.28. The highest BCUT2D eigenvalue weighted by Gasteiger charge is 2.51. The number of sulfonamides is 1. The number of piperazine rings is 1. The number of carbonyl (C=O) groups is 1. The summed E-state index contributed by atoms with van der Waals surface area (Å²) in [5.74, 6) is 1.36. The van der Waals surface area contributed by atoms with Gasteiger partial charge in [-0.25, -0.2) is 12.8 Å². The average Bonchev–Trinajstić information content (AvgIpc) is 2.95. The van der Waals surface area contributed by atoms with E-state index in [1.54, 1.807) is 43.5 Å². The number of rotatable bonds is 9. The lowest BCUT2D eigenvalue weighted by Crippen LogP contribution is -2.52. The second-order valence-electron chi connectivity index (χ2n) is 11.5. The third kappa shape index (κ3) is 5.62. The SMILES string of the molecule is COc1ccc(S(=O)(=O)N2CCN(CCN(CC3=CCC4CC3C4(C)C)C(=O)c3ccc(F)cc3)CC2)cc1. The molecule has 9 heteroatoms. The van der Waals surface area contributed by atoms with Crippen LogP contribution >= 0.6 is 0 Å². The lowest BCUT2D eigenvalue weighted by Gasteiger charge is -2.57. The van der Waals surface area contributed by atoms with Gasteiger partial charge >= 0.3 is 0 Å². The van der Waals surface area contributed by atoms with E-state index in [9.17, 15) is 17.6 Å². The van der Waals surface area contributed by atoms with E-state index < -0.39 is 10.0 Å². The Balaban J connectivity index is 1.23. The van der Waals surface area contributed by atoms with Gasteiger partial charge in [-0.05, 0) is 78.6 Å². The summed E-state index contributed by atoms with van der Waals surface area (Å²) in [5.41, 5.74) is 2.07. The largest absolute Gasteiger partial charge is 0.497 e. The maximum Gasteiger partial charge on any atom is 0.254 e. The molecule has 0 spiro atoms. The van der Waals surface area contributed by atoms with Crippen molar-refractivity contribution in [3.05, 3.63) is 71.6 Å². The van der Waals surface area contributed by atoms with Gasteiger partial charge in [0.25, 0.3) is 5.91 Å². The number of methoxy groups -OCH3 is 1. The number of hydrogen-bond donors (Lipinski definition) is 0. The van der Waals surface area contributed by atoms with Crippen molar-refractivity contribution in [1.82, 2.24) is 14.1 Å². The predicted molar refractivity (Wildman–Crippen MR) is 149 cm³/mol. The summed E-state index contributed by atoms with van der Waals surface area (Å²) >= 11 is 0. The minimum Gasteiger partial charge on any atom is -0.497 e. The van der Waals surface area contributed by atoms with Crippen LogP contribution in [-0.2, 0) is 10.0 Å². The molecule has 2 aromatic carbocycles. The van der Waals surface area contributed by atoms with Crippen LogP contribution in [0.5, 0.6) is 5.75 Å². The molecule has 2 unspecified atom stereocenters. The van der Waals surface area contributed by atoms with E-state index in [0.717, 1.165) is 12.3 Å². The molecule has 7 nitrogen and oxygen atoms in total. The molecule has 2 atom stereocenters. The molecule has 1 amide bonds. The summed E-state index contributed by atoms with van der Waals surface area (Å²) in [5, 5.41) is 0. The van der Waals surface area contributed by atoms with Crippen LogP contribution < -0.4 is 4.74 Å². The smallest absolute Gasteiger partial charge is 0.254 e. The van der Waals surface area contributed by atoms with Crippen LogP contribution in [0.2, 0.25) is 0 Å². The number of hydrogen-bond acceptors (Lipinski definition) is 5. The van der Waals surface area contributed by atoms with E-state index in [4.69, 9.17) is 4.74 Å². The first kappa shape index (κ1) is 27.8. The Morgan fingerprint density at radius 3 is 2.31 bits per heavy atom. The summed E-state index contributed by atoms with van der Waals surface area (Å²) in [7, 11) is -2.03. The molecule has 1 aliphatic heterocycles. The van der Waals surface area contributed by atoms with Crippen molar-refractivity contribution >= 4 is 15.9 Å². The summed E-state index contributed by atoms with van der Waals surface area (Å²) in [6.45, 7) is 8.36. The molecule has 210 valence electrons. The highest BCUT2D eigenvalue weighted by molar-refractivity contribution is 7.89. The van der Waals surface area contributed by atoms with Crippen LogP contribution in [-0.4, -0.2) is 81.4 Å². The Labute approximate surface area is 231 Å². The molecule has 2 bridgehead atoms. The number of ether oxygens (including phenoxy) is 1. The summed E-state index contributed by atoms with van der Waals surface area (Å²) in [6, 6.07) is 12.2. The topological polar surface area (TPSA) is 70.2 Å². The van der Waals surface area contributed by atoms with E-state index in [0.29, 0.717) is 63.0 Å². The Kier molecular flexibility index (Phi) is 7.86. The first-order valence-electron chi connectivity index (χ1n) is 13.7. The van der Waals surface area contributed by atoms with E-state index in [1.165, 1.54) is 28.4 Å². The van der Waals surface area contributed by atoms with Crippen LogP contribution in [0, 0.1) is 23.1 Å². The molecule has 6 rings (SSSR count). The van der Waals surface area contributed by atoms with Crippen molar-refractivity contribution in [2.24, 2.45) is 17.3 Å². The molecule has 0 aromatic heterocycles. The first-order chi connectivity index (χ1) is 18.6. The van der Waals surface area contributed by atoms with Gasteiger partial charge in [0, 0.05) is 51.4 Å². The van der Waals surface area contributed by atoms with Gasteiger partial charge in [0.2, 0.25) is 10.0 Å². The van der Waals surface area contributed by atoms with Crippen molar-refractivity contribution in [2.45, 2.75) is 31.6 Å². The number of carbonyl (C=O) groups excluding carboxylic acids is 1. The highest BCUT2D eigenvalue weighted by atomic mass is 32.2. The second-order valence-corrected chi connectivity index (χ2v) is 13.4. The van der Waals surface area contributed by atoms with E-state index in [2.05, 4.69) is 24.8 Å². The Bertz CT molecular complexity index is 1320. The number of amides is 1. The van der Waals surface area contributed by atoms with Crippen molar-refractivity contribution in [1.29, 1.82) is 0 Å². The summed E-state index contributed by atoms with van der Waals surface area (Å²) in [6.07, 6.45) is 4.56. The van der Waals surface area contributed by atoms with Gasteiger partial charge in [0.05, 0.1) is 12.0 Å². The van der Waals surface area contributed by atoms with Crippen molar-refractivity contribution in [2.75, 3.05) is 52.9 Å². The second kappa shape index (κ2) is 11.0. The third-order valence-electron chi connectivity index (χ3n) is 9.05. The molecule has 2 aromatic rings. The molecule has 1 saturated carbocycles. The summed E-state index contributed by atoms with van der Waals surface area (Å²) in [4.78, 5) is 17.9. The molecule has 0 radical (unpaired) electrons. The van der Waals surface area contributed by atoms with E-state index >= 15 is 0 Å². The van der Waals surface area contributed by atoms with Gasteiger partial charge in [-0.15, -0.1) is 0 Å². The molecule has 3 aliphatic carbocycles. The van der Waals surface area contributed by atoms with E-state index in [-0.39, 0.29) is 22.0 Å². The van der Waals surface area contributed by atoms with Gasteiger partial charge in [-0.2, -0.15) is 4.31 Å². The van der Waals surface area contributed by atoms with Crippen molar-refractivity contribution in [3.8, 4) is 5.75 Å². The standard InChI is InChI=1S/C30H38FN3O4S/c1-30(2)24-7-4-23(28(30)20-24)21-33(29(35)22-5-8-25(31)9-6-22)17-14-32-15-18-34(19-16-32)39(36,37)27-12-10-26(38-3)11-13-27/h4-6,8-13,24,28H,7,14-21H2,1-3H3. The molecule has 4 aliphatic rings. The van der Waals surface area contributed by atoms with Crippen molar-refractivity contribution in [3.63, 3.8) is 0 Å². The molecular weight excluding hydrogens is 517 g/mol. The molecular formula is C30H38FN3O4S. The Morgan fingerprint density at radius 2 is 1.72 bits per heavy atom. The maximum atomic E-state index is 13.5. The van der Waals surface area contributed by atoms with Crippen LogP contribution in [0.4, 0.5) is 4.39 Å². The maximum absolute atomic E-state index is 13.5. The van der Waals surface area contributed by atoms with Crippen LogP contribution in [0.15, 0.2) is 65.1 Å². The van der Waals surface area contributed by atoms with Crippen LogP contribution in [0.25, 0.3) is 0 Å². The van der Waals surface area contributed by atoms with Gasteiger partial charge in [0.15, 0.2) is 0 Å². The van der Waals surface area contributed by atoms with Crippen LogP contribution in [0.1, 0.15) is 37.0 Å². The number of allylic oxidation sites excluding steroid dienone is 1. The zero-order valence-corrected chi connectivity index (χ0v) is 23.8. The van der Waals surface area contributed by atoms with Gasteiger partial charge in [-0.3, -0.25) is 9.69 Å². The minimum atomic E-state index is -3.58. The third-order valence-corrected chi connectivity index (χ3v) is 11.0. The number of halogens is 1. The molecule has 1 saturated heterocycles. The van der Waals surface area contributed by atoms with Crippen molar-refractivity contribution < 1.29 is 22.3 Å². The highest BCUT2D eigenvalue weighted by Crippen LogP contribution is 2.59. The van der Waals surface area contributed by atoms with E-state index in [1.807, 2.05) is 4.90 Å². The number of benzene rings is 2. The zero-order chi connectivity index (χ0) is 27.8. The number of nitrogens with zero attached hydrogens (tertiary/aromatic N) is 3. The molecule has 0 N–H and O–H groups in total. The fraction of sp³-hybridized carbons (Fsp3) is 0.500. The van der Waals surface area contributed by atoms with Gasteiger partial charge < -0.3 is 9.64 Å². The molecule has 2 fully saturated rings. The normalized spacial score (nSPS) is 23.0. The lowest BCUT2D eigenvalue weighted by molar-refractivity contribution is -0.0105. The first-order valence-corrected chi connectivity index (χ1v) is 15.1. The fourth-order valence-corrected chi connectivity index (χ4v) is 7.68. The zero-order valence-electron chi connectivity index (χ0n) is 23.0. The summed E-state index contributed by atoms with van der Waals surface area (Å²) < 4.78 is 46.4. The lowest BCUT2D eigenvalue weighted by atomic mass is 9.49. The average molecular weight is 556 g/mol. The number of fused-ring (bicyclic) bond motifs is 1.